The van der Waals surface area contributed by atoms with E-state index < -0.39 is 0 Å². The maximum atomic E-state index is 5.74. The molecule has 0 aliphatic rings. The summed E-state index contributed by atoms with van der Waals surface area (Å²) in [5, 5.41) is 3.47. The smallest absolute Gasteiger partial charge is 0.133 e. The van der Waals surface area contributed by atoms with Crippen molar-refractivity contribution < 1.29 is 9.47 Å². The lowest BCUT2D eigenvalue weighted by molar-refractivity contribution is 0.130. The number of benzene rings is 1. The fourth-order valence-electron chi connectivity index (χ4n) is 1.63. The van der Waals surface area contributed by atoms with E-state index in [1.807, 2.05) is 13.0 Å². The molecule has 114 valence electrons. The molecule has 0 spiro atoms. The molecule has 1 aromatic rings. The monoisotopic (exact) mass is 343 g/mol. The van der Waals surface area contributed by atoms with Crippen molar-refractivity contribution in [3.8, 4) is 5.75 Å². The summed E-state index contributed by atoms with van der Waals surface area (Å²) in [7, 11) is 0. The van der Waals surface area contributed by atoms with Crippen LogP contribution in [0, 0.1) is 0 Å². The number of nitrogens with one attached hydrogen (secondary N) is 1. The molecule has 0 heterocycles. The first-order valence-electron chi connectivity index (χ1n) is 7.16. The first-order chi connectivity index (χ1) is 9.42. The first kappa shape index (κ1) is 17.5. The zero-order valence-corrected chi connectivity index (χ0v) is 14.5. The molecular formula is C16H26BrNO2. The average molecular weight is 344 g/mol. The van der Waals surface area contributed by atoms with Crippen LogP contribution in [0.15, 0.2) is 22.7 Å². The van der Waals surface area contributed by atoms with Gasteiger partial charge in [-0.05, 0) is 61.3 Å². The number of ether oxygens (including phenoxy) is 2. The van der Waals surface area contributed by atoms with E-state index in [-0.39, 0.29) is 5.54 Å². The minimum Gasteiger partial charge on any atom is -0.492 e. The van der Waals surface area contributed by atoms with E-state index in [4.69, 9.17) is 9.47 Å². The van der Waals surface area contributed by atoms with Gasteiger partial charge in [0.1, 0.15) is 5.75 Å². The highest BCUT2D eigenvalue weighted by Crippen LogP contribution is 2.26. The average Bonchev–Trinajstić information content (AvgIpc) is 2.37. The van der Waals surface area contributed by atoms with Crippen molar-refractivity contribution >= 4 is 15.9 Å². The topological polar surface area (TPSA) is 30.5 Å². The molecule has 1 rings (SSSR count). The maximum Gasteiger partial charge on any atom is 0.133 e. The minimum absolute atomic E-state index is 0.126. The zero-order valence-electron chi connectivity index (χ0n) is 13.0. The normalized spacial score (nSPS) is 11.7. The summed E-state index contributed by atoms with van der Waals surface area (Å²) in [4.78, 5) is 0. The molecule has 0 saturated heterocycles. The highest BCUT2D eigenvalue weighted by molar-refractivity contribution is 9.10. The molecule has 0 fully saturated rings. The summed E-state index contributed by atoms with van der Waals surface area (Å²) in [6.45, 7) is 11.5. The summed E-state index contributed by atoms with van der Waals surface area (Å²) < 4.78 is 12.0. The molecule has 1 aromatic carbocycles. The Bertz CT molecular complexity index is 402. The summed E-state index contributed by atoms with van der Waals surface area (Å²) in [6, 6.07) is 6.22. The number of hydrogen-bond acceptors (Lipinski definition) is 3. The maximum absolute atomic E-state index is 5.74. The Morgan fingerprint density at radius 3 is 2.55 bits per heavy atom. The van der Waals surface area contributed by atoms with E-state index in [1.165, 1.54) is 5.56 Å². The van der Waals surface area contributed by atoms with E-state index >= 15 is 0 Å². The Labute approximate surface area is 131 Å². The molecule has 0 atom stereocenters. The Hall–Kier alpha value is -0.580. The summed E-state index contributed by atoms with van der Waals surface area (Å²) in [6.07, 6.45) is 0.910. The van der Waals surface area contributed by atoms with Crippen LogP contribution >= 0.6 is 15.9 Å². The SMILES string of the molecule is CCOCCCOc1ccc(CNC(C)(C)C)cc1Br. The van der Waals surface area contributed by atoms with Crippen LogP contribution in [0.5, 0.6) is 5.75 Å². The van der Waals surface area contributed by atoms with E-state index in [2.05, 4.69) is 54.2 Å². The third-order valence-corrected chi connectivity index (χ3v) is 3.33. The van der Waals surface area contributed by atoms with Crippen LogP contribution in [0.3, 0.4) is 0 Å². The first-order valence-corrected chi connectivity index (χ1v) is 7.95. The molecule has 1 N–H and O–H groups in total. The van der Waals surface area contributed by atoms with Gasteiger partial charge in [-0.15, -0.1) is 0 Å². The van der Waals surface area contributed by atoms with Gasteiger partial charge in [0, 0.05) is 31.7 Å². The lowest BCUT2D eigenvalue weighted by atomic mass is 10.1. The Morgan fingerprint density at radius 2 is 1.95 bits per heavy atom. The molecule has 0 unspecified atom stereocenters. The van der Waals surface area contributed by atoms with Crippen molar-refractivity contribution in [2.45, 2.75) is 46.2 Å². The predicted molar refractivity (Wildman–Crippen MR) is 87.3 cm³/mol. The van der Waals surface area contributed by atoms with Gasteiger partial charge in [0.05, 0.1) is 11.1 Å². The Kier molecular flexibility index (Phi) is 7.56. The highest BCUT2D eigenvalue weighted by atomic mass is 79.9. The van der Waals surface area contributed by atoms with E-state index in [9.17, 15) is 0 Å². The second-order valence-corrected chi connectivity index (χ2v) is 6.62. The van der Waals surface area contributed by atoms with Crippen LogP contribution in [0.25, 0.3) is 0 Å². The van der Waals surface area contributed by atoms with Crippen molar-refractivity contribution in [3.05, 3.63) is 28.2 Å². The molecule has 0 aliphatic heterocycles. The molecule has 0 radical (unpaired) electrons. The molecule has 0 saturated carbocycles. The van der Waals surface area contributed by atoms with Crippen LogP contribution in [0.2, 0.25) is 0 Å². The van der Waals surface area contributed by atoms with Gasteiger partial charge in [-0.25, -0.2) is 0 Å². The largest absolute Gasteiger partial charge is 0.492 e. The molecule has 4 heteroatoms. The molecule has 20 heavy (non-hydrogen) atoms. The van der Waals surface area contributed by atoms with Crippen LogP contribution in [-0.2, 0) is 11.3 Å². The molecule has 0 aliphatic carbocycles. The molecular weight excluding hydrogens is 318 g/mol. The lowest BCUT2D eigenvalue weighted by Gasteiger charge is -2.20. The van der Waals surface area contributed by atoms with Gasteiger partial charge in [0.25, 0.3) is 0 Å². The zero-order chi connectivity index (χ0) is 15.0. The number of hydrogen-bond donors (Lipinski definition) is 1. The standard InChI is InChI=1S/C16H26BrNO2/c1-5-19-9-6-10-20-15-8-7-13(11-14(15)17)12-18-16(2,3)4/h7-8,11,18H,5-6,9-10,12H2,1-4H3. The van der Waals surface area contributed by atoms with Crippen LogP contribution < -0.4 is 10.1 Å². The molecule has 0 bridgehead atoms. The molecule has 3 nitrogen and oxygen atoms in total. The predicted octanol–water partition coefficient (Wildman–Crippen LogP) is 4.14. The minimum atomic E-state index is 0.126. The van der Waals surface area contributed by atoms with Gasteiger partial charge >= 0.3 is 0 Å². The fraction of sp³-hybridized carbons (Fsp3) is 0.625. The van der Waals surface area contributed by atoms with Gasteiger partial charge in [-0.1, -0.05) is 6.07 Å². The summed E-state index contributed by atoms with van der Waals surface area (Å²) in [5.41, 5.74) is 1.37. The quantitative estimate of drug-likeness (QED) is 0.719. The Balaban J connectivity index is 2.43. The third kappa shape index (κ3) is 7.27. The molecule has 0 aromatic heterocycles. The van der Waals surface area contributed by atoms with Crippen LogP contribution in [0.1, 0.15) is 39.7 Å². The van der Waals surface area contributed by atoms with Gasteiger partial charge in [-0.2, -0.15) is 0 Å². The second-order valence-electron chi connectivity index (χ2n) is 5.77. The lowest BCUT2D eigenvalue weighted by Crippen LogP contribution is -2.35. The summed E-state index contributed by atoms with van der Waals surface area (Å²) in [5.74, 6) is 0.890. The van der Waals surface area contributed by atoms with Gasteiger partial charge < -0.3 is 14.8 Å². The van der Waals surface area contributed by atoms with Gasteiger partial charge in [0.15, 0.2) is 0 Å². The third-order valence-electron chi connectivity index (χ3n) is 2.71. The van der Waals surface area contributed by atoms with E-state index in [0.717, 1.165) is 36.4 Å². The fourth-order valence-corrected chi connectivity index (χ4v) is 2.17. The van der Waals surface area contributed by atoms with Crippen molar-refractivity contribution in [1.82, 2.24) is 5.32 Å². The van der Waals surface area contributed by atoms with Crippen molar-refractivity contribution in [2.75, 3.05) is 19.8 Å². The number of rotatable bonds is 8. The van der Waals surface area contributed by atoms with Crippen molar-refractivity contribution in [2.24, 2.45) is 0 Å². The van der Waals surface area contributed by atoms with E-state index in [0.29, 0.717) is 6.61 Å². The van der Waals surface area contributed by atoms with Gasteiger partial charge in [-0.3, -0.25) is 0 Å². The Morgan fingerprint density at radius 1 is 1.20 bits per heavy atom. The van der Waals surface area contributed by atoms with Crippen LogP contribution in [-0.4, -0.2) is 25.4 Å². The van der Waals surface area contributed by atoms with Crippen molar-refractivity contribution in [3.63, 3.8) is 0 Å². The summed E-state index contributed by atoms with van der Waals surface area (Å²) >= 11 is 3.57. The van der Waals surface area contributed by atoms with Crippen LogP contribution in [0.4, 0.5) is 0 Å². The second kappa shape index (κ2) is 8.65. The van der Waals surface area contributed by atoms with Gasteiger partial charge in [0.2, 0.25) is 0 Å². The van der Waals surface area contributed by atoms with E-state index in [1.54, 1.807) is 0 Å². The molecule has 0 amide bonds. The highest BCUT2D eigenvalue weighted by Gasteiger charge is 2.09. The number of halogens is 1. The van der Waals surface area contributed by atoms with Crippen molar-refractivity contribution in [1.29, 1.82) is 0 Å².